The second-order valence-electron chi connectivity index (χ2n) is 9.25. The van der Waals surface area contributed by atoms with Crippen LogP contribution in [0.25, 0.3) is 0 Å². The quantitative estimate of drug-likeness (QED) is 0.555. The Kier molecular flexibility index (Phi) is 6.60. The molecule has 172 valence electrons. The fourth-order valence-corrected chi connectivity index (χ4v) is 5.39. The standard InChI is InChI=1S/C24H31BrN4O3/c1-13(2)17-8-6-14(3)10-20(17)32-23(30)21-15(4)28-24-26-12-27-29(24)22(21)18-11-16(25)7-9-19(18)31-5/h7,9,11-14,17,20,22H,6,8,10H2,1-5H3,(H,26,27,28)/t14-,17+,20-,22-/m1/s1. The van der Waals surface area contributed by atoms with E-state index in [0.717, 1.165) is 22.9 Å². The van der Waals surface area contributed by atoms with Crippen LogP contribution in [0.15, 0.2) is 40.3 Å². The summed E-state index contributed by atoms with van der Waals surface area (Å²) < 4.78 is 14.5. The number of anilines is 1. The summed E-state index contributed by atoms with van der Waals surface area (Å²) >= 11 is 3.56. The van der Waals surface area contributed by atoms with E-state index in [0.29, 0.717) is 40.7 Å². The van der Waals surface area contributed by atoms with Crippen molar-refractivity contribution in [2.45, 2.75) is 59.1 Å². The van der Waals surface area contributed by atoms with Gasteiger partial charge >= 0.3 is 5.97 Å². The van der Waals surface area contributed by atoms with Gasteiger partial charge in [-0.15, -0.1) is 0 Å². The van der Waals surface area contributed by atoms with Crippen LogP contribution in [0.5, 0.6) is 5.75 Å². The Labute approximate surface area is 197 Å². The molecule has 2 aromatic rings. The molecule has 2 aliphatic rings. The van der Waals surface area contributed by atoms with Crippen molar-refractivity contribution in [1.29, 1.82) is 0 Å². The van der Waals surface area contributed by atoms with E-state index in [9.17, 15) is 4.79 Å². The number of benzene rings is 1. The Balaban J connectivity index is 1.74. The zero-order valence-electron chi connectivity index (χ0n) is 19.3. The van der Waals surface area contributed by atoms with Crippen molar-refractivity contribution in [3.63, 3.8) is 0 Å². The van der Waals surface area contributed by atoms with Crippen molar-refractivity contribution in [3.8, 4) is 5.75 Å². The maximum Gasteiger partial charge on any atom is 0.338 e. The molecule has 32 heavy (non-hydrogen) atoms. The van der Waals surface area contributed by atoms with Gasteiger partial charge in [-0.2, -0.15) is 10.1 Å². The number of ether oxygens (including phenoxy) is 2. The molecular formula is C24H31BrN4O3. The molecule has 0 unspecified atom stereocenters. The minimum atomic E-state index is -0.507. The van der Waals surface area contributed by atoms with Crippen molar-refractivity contribution >= 4 is 27.8 Å². The highest BCUT2D eigenvalue weighted by Crippen LogP contribution is 2.42. The molecule has 1 aromatic heterocycles. The number of carbonyl (C=O) groups excluding carboxylic acids is 1. The fraction of sp³-hybridized carbons (Fsp3) is 0.542. The molecule has 1 aliphatic carbocycles. The molecule has 0 saturated heterocycles. The third kappa shape index (κ3) is 4.29. The smallest absolute Gasteiger partial charge is 0.338 e. The third-order valence-electron chi connectivity index (χ3n) is 6.72. The second-order valence-corrected chi connectivity index (χ2v) is 10.2. The molecule has 4 rings (SSSR count). The van der Waals surface area contributed by atoms with E-state index >= 15 is 0 Å². The average Bonchev–Trinajstić information content (AvgIpc) is 3.20. The summed E-state index contributed by atoms with van der Waals surface area (Å²) in [6.07, 6.45) is 4.56. The van der Waals surface area contributed by atoms with Crippen LogP contribution >= 0.6 is 15.9 Å². The summed E-state index contributed by atoms with van der Waals surface area (Å²) in [4.78, 5) is 18.0. The van der Waals surface area contributed by atoms with E-state index in [1.54, 1.807) is 11.8 Å². The van der Waals surface area contributed by atoms with E-state index in [1.165, 1.54) is 12.7 Å². The highest BCUT2D eigenvalue weighted by Gasteiger charge is 2.39. The summed E-state index contributed by atoms with van der Waals surface area (Å²) in [5, 5.41) is 7.64. The Morgan fingerprint density at radius 3 is 2.81 bits per heavy atom. The zero-order chi connectivity index (χ0) is 23.0. The van der Waals surface area contributed by atoms with E-state index in [1.807, 2.05) is 25.1 Å². The number of allylic oxidation sites excluding steroid dienone is 1. The first-order valence-corrected chi connectivity index (χ1v) is 12.0. The number of carbonyl (C=O) groups is 1. The predicted octanol–water partition coefficient (Wildman–Crippen LogP) is 5.34. The lowest BCUT2D eigenvalue weighted by molar-refractivity contribution is -0.151. The summed E-state index contributed by atoms with van der Waals surface area (Å²) in [7, 11) is 1.63. The first-order chi connectivity index (χ1) is 15.3. The summed E-state index contributed by atoms with van der Waals surface area (Å²) in [6.45, 7) is 8.55. The maximum absolute atomic E-state index is 13.7. The number of methoxy groups -OCH3 is 1. The molecule has 1 aromatic carbocycles. The molecule has 1 saturated carbocycles. The minimum Gasteiger partial charge on any atom is -0.496 e. The predicted molar refractivity (Wildman–Crippen MR) is 126 cm³/mol. The fourth-order valence-electron chi connectivity index (χ4n) is 5.01. The van der Waals surface area contributed by atoms with Gasteiger partial charge in [0.1, 0.15) is 24.2 Å². The van der Waals surface area contributed by atoms with E-state index in [4.69, 9.17) is 9.47 Å². The lowest BCUT2D eigenvalue weighted by Crippen LogP contribution is -2.38. The summed E-state index contributed by atoms with van der Waals surface area (Å²) in [6, 6.07) is 5.25. The number of nitrogens with zero attached hydrogens (tertiary/aromatic N) is 3. The van der Waals surface area contributed by atoms with Gasteiger partial charge in [0, 0.05) is 15.7 Å². The van der Waals surface area contributed by atoms with Crippen molar-refractivity contribution in [1.82, 2.24) is 14.8 Å². The first kappa shape index (κ1) is 22.8. The number of nitrogens with one attached hydrogen (secondary N) is 1. The van der Waals surface area contributed by atoms with Gasteiger partial charge in [-0.25, -0.2) is 9.48 Å². The number of rotatable bonds is 5. The van der Waals surface area contributed by atoms with Crippen LogP contribution < -0.4 is 10.1 Å². The molecule has 1 N–H and O–H groups in total. The molecule has 0 amide bonds. The Hall–Kier alpha value is -2.35. The van der Waals surface area contributed by atoms with Gasteiger partial charge < -0.3 is 14.8 Å². The topological polar surface area (TPSA) is 78.3 Å². The Morgan fingerprint density at radius 1 is 1.31 bits per heavy atom. The van der Waals surface area contributed by atoms with Gasteiger partial charge in [0.25, 0.3) is 0 Å². The monoisotopic (exact) mass is 502 g/mol. The van der Waals surface area contributed by atoms with Crippen LogP contribution in [0.1, 0.15) is 58.6 Å². The Bertz CT molecular complexity index is 1030. The lowest BCUT2D eigenvalue weighted by Gasteiger charge is -2.37. The van der Waals surface area contributed by atoms with E-state index in [-0.39, 0.29) is 12.1 Å². The second kappa shape index (κ2) is 9.25. The number of fused-ring (bicyclic) bond motifs is 1. The molecule has 0 bridgehead atoms. The SMILES string of the molecule is COc1ccc(Br)cc1[C@@H]1C(C(=O)O[C@@H]2C[C@H](C)CC[C@H]2C(C)C)=C(C)Nc2ncnn21. The molecular weight excluding hydrogens is 472 g/mol. The van der Waals surface area contributed by atoms with Crippen LogP contribution in [0.4, 0.5) is 5.95 Å². The molecule has 8 heteroatoms. The molecule has 2 heterocycles. The first-order valence-electron chi connectivity index (χ1n) is 11.2. The van der Waals surface area contributed by atoms with Gasteiger partial charge in [-0.1, -0.05) is 43.1 Å². The van der Waals surface area contributed by atoms with Crippen molar-refractivity contribution in [3.05, 3.63) is 45.8 Å². The van der Waals surface area contributed by atoms with Crippen LogP contribution in [-0.4, -0.2) is 33.9 Å². The van der Waals surface area contributed by atoms with Crippen LogP contribution in [0, 0.1) is 17.8 Å². The molecule has 1 aliphatic heterocycles. The van der Waals surface area contributed by atoms with Crippen molar-refractivity contribution in [2.75, 3.05) is 12.4 Å². The molecule has 7 nitrogen and oxygen atoms in total. The molecule has 0 radical (unpaired) electrons. The maximum atomic E-state index is 13.7. The highest BCUT2D eigenvalue weighted by molar-refractivity contribution is 9.10. The number of esters is 1. The van der Waals surface area contributed by atoms with Crippen molar-refractivity contribution in [2.24, 2.45) is 17.8 Å². The minimum absolute atomic E-state index is 0.0891. The molecule has 1 fully saturated rings. The number of hydrogen-bond acceptors (Lipinski definition) is 6. The lowest BCUT2D eigenvalue weighted by atomic mass is 9.75. The Morgan fingerprint density at radius 2 is 2.09 bits per heavy atom. The molecule has 4 atom stereocenters. The van der Waals surface area contributed by atoms with Crippen LogP contribution in [0.3, 0.4) is 0 Å². The van der Waals surface area contributed by atoms with Crippen LogP contribution in [-0.2, 0) is 9.53 Å². The van der Waals surface area contributed by atoms with Crippen molar-refractivity contribution < 1.29 is 14.3 Å². The highest BCUT2D eigenvalue weighted by atomic mass is 79.9. The number of halogens is 1. The largest absolute Gasteiger partial charge is 0.496 e. The average molecular weight is 503 g/mol. The van der Waals surface area contributed by atoms with E-state index < -0.39 is 6.04 Å². The van der Waals surface area contributed by atoms with Gasteiger partial charge in [-0.05, 0) is 55.7 Å². The summed E-state index contributed by atoms with van der Waals surface area (Å²) in [5.41, 5.74) is 2.06. The van der Waals surface area contributed by atoms with Gasteiger partial charge in [0.2, 0.25) is 5.95 Å². The number of hydrogen-bond donors (Lipinski definition) is 1. The van der Waals surface area contributed by atoms with E-state index in [2.05, 4.69) is 52.1 Å². The zero-order valence-corrected chi connectivity index (χ0v) is 20.8. The normalized spacial score (nSPS) is 25.3. The van der Waals surface area contributed by atoms with Crippen LogP contribution in [0.2, 0.25) is 0 Å². The number of aromatic nitrogens is 3. The molecule has 0 spiro atoms. The van der Waals surface area contributed by atoms with Gasteiger partial charge in [0.05, 0.1) is 12.7 Å². The summed E-state index contributed by atoms with van der Waals surface area (Å²) in [5.74, 6) is 2.32. The van der Waals surface area contributed by atoms with Gasteiger partial charge in [0.15, 0.2) is 0 Å². The van der Waals surface area contributed by atoms with Gasteiger partial charge in [-0.3, -0.25) is 0 Å². The third-order valence-corrected chi connectivity index (χ3v) is 7.21.